The normalized spacial score (nSPS) is 10.0. The van der Waals surface area contributed by atoms with Gasteiger partial charge in [-0.05, 0) is 136 Å². The number of benzene rings is 4. The zero-order valence-corrected chi connectivity index (χ0v) is 37.8. The maximum absolute atomic E-state index is 11.0. The van der Waals surface area contributed by atoms with Crippen LogP contribution >= 0.6 is 0 Å². The van der Waals surface area contributed by atoms with Gasteiger partial charge in [0.2, 0.25) is 0 Å². The van der Waals surface area contributed by atoms with Crippen LogP contribution in [0.3, 0.4) is 0 Å². The maximum Gasteiger partial charge on any atom is 0.330 e. The molecule has 0 radical (unpaired) electrons. The number of ether oxygens (including phenoxy) is 6. The number of hydrogen-bond donors (Lipinski definition) is 1. The van der Waals surface area contributed by atoms with Crippen molar-refractivity contribution < 1.29 is 42.8 Å². The Bertz CT molecular complexity index is 2180. The molecule has 0 aliphatic heterocycles. The van der Waals surface area contributed by atoms with Gasteiger partial charge in [0, 0.05) is 41.9 Å². The lowest BCUT2D eigenvalue weighted by atomic mass is 10.2. The Balaban J connectivity index is 0.000000523. The van der Waals surface area contributed by atoms with Gasteiger partial charge in [-0.3, -0.25) is 15.0 Å². The molecule has 0 fully saturated rings. The number of hydrogen-bond acceptors (Lipinski definition) is 12. The fourth-order valence-electron chi connectivity index (χ4n) is 5.63. The van der Waals surface area contributed by atoms with Crippen LogP contribution < -0.4 is 24.4 Å². The summed E-state index contributed by atoms with van der Waals surface area (Å²) in [5.74, 6) is 3.63. The smallest absolute Gasteiger partial charge is 0.330 e. The Morgan fingerprint density at radius 3 is 1.88 bits per heavy atom. The quantitative estimate of drug-likeness (QED) is 0.00828. The summed E-state index contributed by atoms with van der Waals surface area (Å²) in [4.78, 5) is 35.1. The Kier molecular flexibility index (Phi) is 28.3. The SMILES string of the molecule is C=C.C=CC(=O)OCCCCCCOc1ccc(C(=C)Oc2ccc(OC)c(/C=N/Nc3ccc4ccccc4n3)c2)cc1.C=CC=O.COCCCCCCOc1ccc(C=O)cc1. The summed E-state index contributed by atoms with van der Waals surface area (Å²) in [6.07, 6.45) is 13.7. The molecule has 344 valence electrons. The lowest BCUT2D eigenvalue weighted by molar-refractivity contribution is -0.137. The zero-order valence-electron chi connectivity index (χ0n) is 37.8. The lowest BCUT2D eigenvalue weighted by Crippen LogP contribution is -2.02. The van der Waals surface area contributed by atoms with E-state index in [9.17, 15) is 9.59 Å². The number of methoxy groups -OCH3 is 2. The number of pyridine rings is 1. The summed E-state index contributed by atoms with van der Waals surface area (Å²) < 4.78 is 32.9. The third-order valence-electron chi connectivity index (χ3n) is 8.94. The third-order valence-corrected chi connectivity index (χ3v) is 8.94. The van der Waals surface area contributed by atoms with Crippen molar-refractivity contribution in [3.63, 3.8) is 0 Å². The number of nitrogens with zero attached hydrogens (tertiary/aromatic N) is 2. The van der Waals surface area contributed by atoms with E-state index in [1.165, 1.54) is 18.6 Å². The molecule has 12 heteroatoms. The molecular weight excluding hydrogens is 823 g/mol. The Labute approximate surface area is 384 Å². The van der Waals surface area contributed by atoms with Crippen LogP contribution in [0.25, 0.3) is 16.7 Å². The van der Waals surface area contributed by atoms with Crippen molar-refractivity contribution in [2.75, 3.05) is 46.1 Å². The van der Waals surface area contributed by atoms with Crippen molar-refractivity contribution in [1.82, 2.24) is 4.98 Å². The van der Waals surface area contributed by atoms with Gasteiger partial charge in [0.05, 0.1) is 38.7 Å². The monoisotopic (exact) mass is 885 g/mol. The van der Waals surface area contributed by atoms with Gasteiger partial charge in [0.1, 0.15) is 47.1 Å². The van der Waals surface area contributed by atoms with E-state index in [0.717, 1.165) is 98.0 Å². The number of carbonyl (C=O) groups is 3. The van der Waals surface area contributed by atoms with Gasteiger partial charge in [0.15, 0.2) is 0 Å². The predicted molar refractivity (Wildman–Crippen MR) is 262 cm³/mol. The summed E-state index contributed by atoms with van der Waals surface area (Å²) in [6.45, 7) is 19.2. The standard InChI is InChI=1S/C34H35N3O5.C14H20O3.C3H4O.C2H4/c1-4-34(38)41-22-10-6-5-9-21-40-29-16-13-26(14-17-29)25(2)42-30-18-19-32(39-3)28(23-30)24-35-37-33-20-15-27-11-7-8-12-31(27)36-33;1-16-10-4-2-3-5-11-17-14-8-6-13(12-15)7-9-14;1-2-3-4;1-2/h4,7-8,11-20,23-24H,1-2,5-6,9-10,21-22H2,3H3,(H,36,37);6-9,12H,2-5,10-11H2,1H3;2-3H,1H2;1-2H2/b35-24+;;;. The molecule has 5 rings (SSSR count). The van der Waals surface area contributed by atoms with Gasteiger partial charge in [-0.25, -0.2) is 9.78 Å². The molecule has 0 saturated carbocycles. The van der Waals surface area contributed by atoms with E-state index in [1.807, 2.05) is 91.0 Å². The molecule has 12 nitrogen and oxygen atoms in total. The second kappa shape index (κ2) is 34.2. The lowest BCUT2D eigenvalue weighted by Gasteiger charge is -2.12. The fourth-order valence-corrected chi connectivity index (χ4v) is 5.63. The van der Waals surface area contributed by atoms with Gasteiger partial charge >= 0.3 is 5.97 Å². The summed E-state index contributed by atoms with van der Waals surface area (Å²) in [7, 11) is 3.34. The molecule has 0 aliphatic rings. The topological polar surface area (TPSA) is 144 Å². The van der Waals surface area contributed by atoms with Gasteiger partial charge < -0.3 is 28.4 Å². The number of fused-ring (bicyclic) bond motifs is 1. The second-order valence-electron chi connectivity index (χ2n) is 13.7. The maximum atomic E-state index is 11.0. The van der Waals surface area contributed by atoms with Crippen molar-refractivity contribution >= 4 is 47.2 Å². The minimum absolute atomic E-state index is 0.378. The number of esters is 1. The molecule has 1 N–H and O–H groups in total. The molecule has 0 saturated heterocycles. The predicted octanol–water partition coefficient (Wildman–Crippen LogP) is 11.7. The van der Waals surface area contributed by atoms with Gasteiger partial charge in [-0.1, -0.05) is 44.4 Å². The zero-order chi connectivity index (χ0) is 47.3. The van der Waals surface area contributed by atoms with E-state index in [-0.39, 0.29) is 5.97 Å². The Morgan fingerprint density at radius 2 is 1.29 bits per heavy atom. The molecule has 65 heavy (non-hydrogen) atoms. The van der Waals surface area contributed by atoms with Crippen LogP contribution in [-0.2, 0) is 19.1 Å². The number of para-hydroxylation sites is 1. The van der Waals surface area contributed by atoms with E-state index < -0.39 is 0 Å². The number of rotatable bonds is 26. The van der Waals surface area contributed by atoms with Crippen molar-refractivity contribution in [2.45, 2.75) is 51.4 Å². The van der Waals surface area contributed by atoms with Gasteiger partial charge in [0.25, 0.3) is 0 Å². The number of hydrazone groups is 1. The molecular formula is C53H63N3O9. The molecule has 0 aliphatic carbocycles. The highest BCUT2D eigenvalue weighted by atomic mass is 16.5. The Morgan fingerprint density at radius 1 is 0.708 bits per heavy atom. The fraction of sp³-hybridized carbons (Fsp3) is 0.264. The summed E-state index contributed by atoms with van der Waals surface area (Å²) >= 11 is 0. The Hall–Kier alpha value is -7.31. The van der Waals surface area contributed by atoms with Crippen LogP contribution in [0, 0.1) is 0 Å². The first-order valence-electron chi connectivity index (χ1n) is 21.3. The first kappa shape index (κ1) is 53.8. The molecule has 0 spiro atoms. The van der Waals surface area contributed by atoms with Crippen molar-refractivity contribution in [1.29, 1.82) is 0 Å². The van der Waals surface area contributed by atoms with Crippen LogP contribution in [0.1, 0.15) is 72.9 Å². The molecule has 0 atom stereocenters. The number of carbonyl (C=O) groups excluding carboxylic acids is 3. The molecule has 1 heterocycles. The largest absolute Gasteiger partial charge is 0.496 e. The number of nitrogens with one attached hydrogen (secondary N) is 1. The molecule has 0 bridgehead atoms. The van der Waals surface area contributed by atoms with E-state index in [4.69, 9.17) is 33.2 Å². The average Bonchev–Trinajstić information content (AvgIpc) is 3.35. The van der Waals surface area contributed by atoms with Crippen LogP contribution in [-0.4, -0.2) is 70.4 Å². The van der Waals surface area contributed by atoms with Crippen molar-refractivity contribution in [3.8, 4) is 23.0 Å². The first-order valence-corrected chi connectivity index (χ1v) is 21.3. The molecule has 4 aromatic carbocycles. The van der Waals surface area contributed by atoms with Crippen LogP contribution in [0.4, 0.5) is 5.82 Å². The summed E-state index contributed by atoms with van der Waals surface area (Å²) in [5, 5.41) is 5.41. The second-order valence-corrected chi connectivity index (χ2v) is 13.7. The van der Waals surface area contributed by atoms with E-state index >= 15 is 0 Å². The van der Waals surface area contributed by atoms with E-state index in [0.29, 0.717) is 48.1 Å². The van der Waals surface area contributed by atoms with Crippen LogP contribution in [0.15, 0.2) is 153 Å². The van der Waals surface area contributed by atoms with Crippen LogP contribution in [0.2, 0.25) is 0 Å². The summed E-state index contributed by atoms with van der Waals surface area (Å²) in [5.41, 5.74) is 6.12. The number of unbranched alkanes of at least 4 members (excludes halogenated alkanes) is 6. The highest BCUT2D eigenvalue weighted by Crippen LogP contribution is 2.27. The highest BCUT2D eigenvalue weighted by Gasteiger charge is 2.08. The van der Waals surface area contributed by atoms with E-state index in [2.05, 4.69) is 48.4 Å². The van der Waals surface area contributed by atoms with Crippen molar-refractivity contribution in [2.24, 2.45) is 5.10 Å². The van der Waals surface area contributed by atoms with Crippen LogP contribution in [0.5, 0.6) is 23.0 Å². The minimum atomic E-state index is -0.378. The molecule has 5 aromatic rings. The number of aromatic nitrogens is 1. The molecule has 0 amide bonds. The molecule has 0 unspecified atom stereocenters. The number of anilines is 1. The number of allylic oxidation sites excluding steroid dienone is 1. The molecule has 1 aromatic heterocycles. The van der Waals surface area contributed by atoms with Gasteiger partial charge in [-0.2, -0.15) is 5.10 Å². The average molecular weight is 886 g/mol. The number of aldehydes is 2. The third kappa shape index (κ3) is 22.6. The summed E-state index contributed by atoms with van der Waals surface area (Å²) in [6, 6.07) is 32.1. The highest BCUT2D eigenvalue weighted by molar-refractivity contribution is 5.85. The van der Waals surface area contributed by atoms with Crippen molar-refractivity contribution in [3.05, 3.63) is 165 Å². The first-order chi connectivity index (χ1) is 31.8. The van der Waals surface area contributed by atoms with E-state index in [1.54, 1.807) is 32.6 Å². The van der Waals surface area contributed by atoms with Gasteiger partial charge in [-0.15, -0.1) is 13.2 Å². The minimum Gasteiger partial charge on any atom is -0.496 e.